The van der Waals surface area contributed by atoms with Crippen molar-refractivity contribution < 1.29 is 0 Å². The zero-order valence-corrected chi connectivity index (χ0v) is 16.8. The van der Waals surface area contributed by atoms with Crippen LogP contribution in [0.25, 0.3) is 0 Å². The summed E-state index contributed by atoms with van der Waals surface area (Å²) in [5, 5.41) is 4.86. The second-order valence-corrected chi connectivity index (χ2v) is 7.70. The molecule has 0 saturated carbocycles. The molecule has 0 aliphatic rings. The predicted molar refractivity (Wildman–Crippen MR) is 101 cm³/mol. The Hall–Kier alpha value is -0.0600. The van der Waals surface area contributed by atoms with Gasteiger partial charge in [-0.25, -0.2) is 0 Å². The molecule has 3 heteroatoms. The summed E-state index contributed by atoms with van der Waals surface area (Å²) >= 11 is 2.48. The lowest BCUT2D eigenvalue weighted by Crippen LogP contribution is -2.32. The van der Waals surface area contributed by atoms with E-state index in [1.54, 1.807) is 0 Å². The van der Waals surface area contributed by atoms with E-state index in [2.05, 4.69) is 61.9 Å². The molecule has 0 bridgehead atoms. The lowest BCUT2D eigenvalue weighted by atomic mass is 9.88. The third-order valence-corrected chi connectivity index (χ3v) is 5.95. The van der Waals surface area contributed by atoms with Crippen LogP contribution in [-0.2, 0) is 5.54 Å². The Labute approximate surface area is 145 Å². The summed E-state index contributed by atoms with van der Waals surface area (Å²) < 4.78 is 3.66. The van der Waals surface area contributed by atoms with Gasteiger partial charge in [0.05, 0.1) is 11.2 Å². The van der Waals surface area contributed by atoms with Gasteiger partial charge in [-0.05, 0) is 56.2 Å². The summed E-state index contributed by atoms with van der Waals surface area (Å²) in [6, 6.07) is 0. The minimum Gasteiger partial charge on any atom is -0.253 e. The molecule has 2 nitrogen and oxygen atoms in total. The van der Waals surface area contributed by atoms with Crippen LogP contribution in [-0.4, -0.2) is 9.78 Å². The minimum absolute atomic E-state index is 0.192. The summed E-state index contributed by atoms with van der Waals surface area (Å²) in [7, 11) is 0. The van der Waals surface area contributed by atoms with Crippen LogP contribution in [0.4, 0.5) is 0 Å². The maximum absolute atomic E-state index is 4.86. The predicted octanol–water partition coefficient (Wildman–Crippen LogP) is 6.37. The van der Waals surface area contributed by atoms with Crippen molar-refractivity contribution >= 4 is 22.6 Å². The molecule has 0 spiro atoms. The lowest BCUT2D eigenvalue weighted by molar-refractivity contribution is 0.223. The van der Waals surface area contributed by atoms with Gasteiger partial charge in [0.25, 0.3) is 0 Å². The second kappa shape index (κ2) is 9.16. The van der Waals surface area contributed by atoms with Crippen LogP contribution < -0.4 is 0 Å². The van der Waals surface area contributed by atoms with Gasteiger partial charge in [-0.1, -0.05) is 58.8 Å². The Morgan fingerprint density at radius 1 is 0.952 bits per heavy atom. The van der Waals surface area contributed by atoms with Gasteiger partial charge >= 0.3 is 0 Å². The quantitative estimate of drug-likeness (QED) is 0.327. The standard InChI is InChI=1S/C18H33IN2/c1-6-8-10-11-12-14-18(5,13-9-7-2)21-17(19)15(3)16(4)20-21/h6-14H2,1-5H3. The molecule has 1 unspecified atom stereocenters. The summed E-state index contributed by atoms with van der Waals surface area (Å²) in [6.45, 7) is 11.3. The highest BCUT2D eigenvalue weighted by Crippen LogP contribution is 2.32. The van der Waals surface area contributed by atoms with Gasteiger partial charge < -0.3 is 0 Å². The van der Waals surface area contributed by atoms with Gasteiger partial charge in [0.1, 0.15) is 3.70 Å². The van der Waals surface area contributed by atoms with E-state index in [0.717, 1.165) is 0 Å². The molecule has 1 rings (SSSR count). The third kappa shape index (κ3) is 5.26. The van der Waals surface area contributed by atoms with Crippen molar-refractivity contribution in [3.8, 4) is 0 Å². The number of aromatic nitrogens is 2. The molecule has 1 heterocycles. The molecular weight excluding hydrogens is 371 g/mol. The van der Waals surface area contributed by atoms with Gasteiger partial charge in [0.2, 0.25) is 0 Å². The van der Waals surface area contributed by atoms with Crippen LogP contribution in [0.2, 0.25) is 0 Å². The SMILES string of the molecule is CCCCCCCC(C)(CCCC)n1nc(C)c(C)c1I. The molecule has 0 N–H and O–H groups in total. The van der Waals surface area contributed by atoms with E-state index in [-0.39, 0.29) is 5.54 Å². The van der Waals surface area contributed by atoms with Gasteiger partial charge in [0, 0.05) is 5.56 Å². The molecule has 1 aromatic heterocycles. The van der Waals surface area contributed by atoms with Crippen molar-refractivity contribution in [3.63, 3.8) is 0 Å². The van der Waals surface area contributed by atoms with Crippen LogP contribution in [0, 0.1) is 17.5 Å². The van der Waals surface area contributed by atoms with Crippen molar-refractivity contribution in [1.82, 2.24) is 9.78 Å². The third-order valence-electron chi connectivity index (χ3n) is 4.69. The molecule has 0 aliphatic carbocycles. The van der Waals surface area contributed by atoms with E-state index < -0.39 is 0 Å². The van der Waals surface area contributed by atoms with Gasteiger partial charge in [-0.2, -0.15) is 5.10 Å². The first-order valence-electron chi connectivity index (χ1n) is 8.68. The van der Waals surface area contributed by atoms with Crippen molar-refractivity contribution in [2.24, 2.45) is 0 Å². The number of aryl methyl sites for hydroxylation is 1. The number of hydrogen-bond acceptors (Lipinski definition) is 1. The number of hydrogen-bond donors (Lipinski definition) is 0. The van der Waals surface area contributed by atoms with Crippen molar-refractivity contribution in [2.45, 2.75) is 97.9 Å². The van der Waals surface area contributed by atoms with Crippen molar-refractivity contribution in [1.29, 1.82) is 0 Å². The number of halogens is 1. The second-order valence-electron chi connectivity index (χ2n) is 6.68. The van der Waals surface area contributed by atoms with Crippen LogP contribution in [0.1, 0.15) is 89.8 Å². The molecule has 1 atom stereocenters. The van der Waals surface area contributed by atoms with E-state index in [1.165, 1.54) is 72.7 Å². The smallest absolute Gasteiger partial charge is 0.103 e. The average Bonchev–Trinajstić information content (AvgIpc) is 2.73. The maximum Gasteiger partial charge on any atom is 0.103 e. The summed E-state index contributed by atoms with van der Waals surface area (Å²) in [5.41, 5.74) is 2.73. The Morgan fingerprint density at radius 2 is 1.52 bits per heavy atom. The molecule has 0 amide bonds. The van der Waals surface area contributed by atoms with Gasteiger partial charge in [-0.3, -0.25) is 4.68 Å². The molecule has 21 heavy (non-hydrogen) atoms. The zero-order chi connectivity index (χ0) is 15.9. The average molecular weight is 404 g/mol. The number of rotatable bonds is 10. The van der Waals surface area contributed by atoms with E-state index in [0.29, 0.717) is 0 Å². The summed E-state index contributed by atoms with van der Waals surface area (Å²) in [5.74, 6) is 0. The van der Waals surface area contributed by atoms with E-state index in [4.69, 9.17) is 5.10 Å². The molecule has 122 valence electrons. The highest BCUT2D eigenvalue weighted by atomic mass is 127. The highest BCUT2D eigenvalue weighted by Gasteiger charge is 2.29. The molecule has 0 aromatic carbocycles. The molecular formula is C18H33IN2. The van der Waals surface area contributed by atoms with Crippen LogP contribution in [0.15, 0.2) is 0 Å². The van der Waals surface area contributed by atoms with Crippen LogP contribution >= 0.6 is 22.6 Å². The van der Waals surface area contributed by atoms with E-state index in [1.807, 2.05) is 0 Å². The minimum atomic E-state index is 0.192. The molecule has 1 aromatic rings. The van der Waals surface area contributed by atoms with Crippen molar-refractivity contribution in [2.75, 3.05) is 0 Å². The van der Waals surface area contributed by atoms with E-state index in [9.17, 15) is 0 Å². The van der Waals surface area contributed by atoms with Gasteiger partial charge in [0.15, 0.2) is 0 Å². The lowest BCUT2D eigenvalue weighted by Gasteiger charge is -2.31. The highest BCUT2D eigenvalue weighted by molar-refractivity contribution is 14.1. The molecule has 0 radical (unpaired) electrons. The normalized spacial score (nSPS) is 14.4. The molecule has 0 saturated heterocycles. The first-order chi connectivity index (χ1) is 9.96. The number of nitrogens with zero attached hydrogens (tertiary/aromatic N) is 2. The largest absolute Gasteiger partial charge is 0.253 e. The Balaban J connectivity index is 2.79. The monoisotopic (exact) mass is 404 g/mol. The fourth-order valence-corrected chi connectivity index (χ4v) is 4.02. The topological polar surface area (TPSA) is 17.8 Å². The first kappa shape index (κ1) is 19.0. The summed E-state index contributed by atoms with van der Waals surface area (Å²) in [6.07, 6.45) is 11.8. The fourth-order valence-electron chi connectivity index (χ4n) is 2.94. The maximum atomic E-state index is 4.86. The Morgan fingerprint density at radius 3 is 2.05 bits per heavy atom. The number of unbranched alkanes of at least 4 members (excludes halogenated alkanes) is 5. The van der Waals surface area contributed by atoms with Crippen LogP contribution in [0.5, 0.6) is 0 Å². The van der Waals surface area contributed by atoms with Gasteiger partial charge in [-0.15, -0.1) is 0 Å². The van der Waals surface area contributed by atoms with Crippen LogP contribution in [0.3, 0.4) is 0 Å². The summed E-state index contributed by atoms with van der Waals surface area (Å²) in [4.78, 5) is 0. The molecule has 0 aliphatic heterocycles. The fraction of sp³-hybridized carbons (Fsp3) is 0.833. The van der Waals surface area contributed by atoms with E-state index >= 15 is 0 Å². The first-order valence-corrected chi connectivity index (χ1v) is 9.76. The Bertz CT molecular complexity index is 425. The molecule has 0 fully saturated rings. The zero-order valence-electron chi connectivity index (χ0n) is 14.6. The van der Waals surface area contributed by atoms with Crippen molar-refractivity contribution in [3.05, 3.63) is 15.0 Å². The Kier molecular flexibility index (Phi) is 8.28.